The zero-order chi connectivity index (χ0) is 26.4. The molecule has 1 aromatic heterocycles. The average molecular weight is 514 g/mol. The molecule has 0 fully saturated rings. The van der Waals surface area contributed by atoms with Gasteiger partial charge in [-0.3, -0.25) is 14.2 Å². The molecule has 1 amide bonds. The van der Waals surface area contributed by atoms with E-state index in [1.807, 2.05) is 12.1 Å². The third-order valence-corrected chi connectivity index (χ3v) is 6.52. The van der Waals surface area contributed by atoms with Gasteiger partial charge in [0.15, 0.2) is 17.1 Å². The van der Waals surface area contributed by atoms with Gasteiger partial charge in [-0.2, -0.15) is 5.26 Å². The topological polar surface area (TPSA) is 103 Å². The number of thiazole rings is 1. The van der Waals surface area contributed by atoms with Crippen LogP contribution in [0.2, 0.25) is 0 Å². The van der Waals surface area contributed by atoms with E-state index in [1.54, 1.807) is 79.9 Å². The Morgan fingerprint density at radius 3 is 2.38 bits per heavy atom. The number of carbonyl (C=O) groups is 1. The molecular formula is C28H23N3O5S. The highest BCUT2D eigenvalue weighted by Gasteiger charge is 2.17. The summed E-state index contributed by atoms with van der Waals surface area (Å²) in [5, 5.41) is 12.7. The maximum absolute atomic E-state index is 13.6. The molecule has 0 spiro atoms. The first kappa shape index (κ1) is 25.3. The Labute approximate surface area is 216 Å². The number of nitrogens with zero attached hydrogens (tertiary/aromatic N) is 2. The van der Waals surface area contributed by atoms with Crippen LogP contribution in [0.1, 0.15) is 5.56 Å². The predicted octanol–water partition coefficient (Wildman–Crippen LogP) is 3.07. The van der Waals surface area contributed by atoms with Gasteiger partial charge in [0.2, 0.25) is 0 Å². The number of aromatic nitrogens is 1. The lowest BCUT2D eigenvalue weighted by Gasteiger charge is -2.07. The average Bonchev–Trinajstić information content (AvgIpc) is 3.24. The Bertz CT molecular complexity index is 1670. The third-order valence-electron chi connectivity index (χ3n) is 5.42. The standard InChI is InChI=1S/C28H23N3O5S/c1-34-21-11-7-8-19(16-21)30-26(32)22(17-29)28-31(20-9-5-4-6-10-20)27(33)25(37-28)15-18-12-13-23(35-2)24(14-18)36-3/h4-16H,1-3H3,(H,30,32)/b25-15+,28-22-. The van der Waals surface area contributed by atoms with E-state index >= 15 is 0 Å². The van der Waals surface area contributed by atoms with E-state index < -0.39 is 5.91 Å². The van der Waals surface area contributed by atoms with Crippen molar-refractivity contribution < 1.29 is 19.0 Å². The summed E-state index contributed by atoms with van der Waals surface area (Å²) in [6, 6.07) is 22.9. The summed E-state index contributed by atoms with van der Waals surface area (Å²) in [7, 11) is 4.60. The Morgan fingerprint density at radius 1 is 0.946 bits per heavy atom. The van der Waals surface area contributed by atoms with Gasteiger partial charge in [-0.25, -0.2) is 0 Å². The van der Waals surface area contributed by atoms with Crippen LogP contribution in [0.4, 0.5) is 5.69 Å². The fourth-order valence-corrected chi connectivity index (χ4v) is 4.75. The second kappa shape index (κ2) is 11.3. The summed E-state index contributed by atoms with van der Waals surface area (Å²) in [6.45, 7) is 0. The van der Waals surface area contributed by atoms with Gasteiger partial charge in [0.25, 0.3) is 11.5 Å². The minimum atomic E-state index is -0.639. The molecule has 9 heteroatoms. The van der Waals surface area contributed by atoms with Crippen LogP contribution in [-0.2, 0) is 4.79 Å². The molecule has 4 rings (SSSR count). The molecule has 8 nitrogen and oxygen atoms in total. The van der Waals surface area contributed by atoms with Crippen LogP contribution in [-0.4, -0.2) is 31.8 Å². The molecule has 0 bridgehead atoms. The molecule has 0 aliphatic rings. The molecule has 37 heavy (non-hydrogen) atoms. The molecule has 0 aliphatic carbocycles. The van der Waals surface area contributed by atoms with Gasteiger partial charge < -0.3 is 19.5 Å². The Hall–Kier alpha value is -4.81. The fraction of sp³-hybridized carbons (Fsp3) is 0.107. The van der Waals surface area contributed by atoms with Crippen molar-refractivity contribution in [3.05, 3.63) is 97.9 Å². The molecule has 4 aromatic rings. The highest BCUT2D eigenvalue weighted by molar-refractivity contribution is 7.07. The predicted molar refractivity (Wildman–Crippen MR) is 143 cm³/mol. The molecule has 0 radical (unpaired) electrons. The molecule has 3 aromatic carbocycles. The minimum Gasteiger partial charge on any atom is -0.497 e. The Morgan fingerprint density at radius 2 is 1.70 bits per heavy atom. The number of carbonyl (C=O) groups excluding carboxylic acids is 1. The van der Waals surface area contributed by atoms with Crippen LogP contribution in [0.25, 0.3) is 17.3 Å². The number of hydrogen-bond acceptors (Lipinski definition) is 7. The normalized spacial score (nSPS) is 11.9. The van der Waals surface area contributed by atoms with Gasteiger partial charge in [0.05, 0.1) is 31.5 Å². The SMILES string of the molecule is COc1cccc(NC(=O)/C(C#N)=c2\s/c(=C/c3ccc(OC)c(OC)c3)c(=O)n2-c2ccccc2)c1. The van der Waals surface area contributed by atoms with Crippen LogP contribution < -0.4 is 34.3 Å². The summed E-state index contributed by atoms with van der Waals surface area (Å²) in [5.74, 6) is 0.987. The lowest BCUT2D eigenvalue weighted by molar-refractivity contribution is -0.111. The maximum Gasteiger partial charge on any atom is 0.273 e. The number of anilines is 1. The molecule has 1 N–H and O–H groups in total. The number of rotatable bonds is 7. The first-order chi connectivity index (χ1) is 18.0. The zero-order valence-corrected chi connectivity index (χ0v) is 21.2. The van der Waals surface area contributed by atoms with Crippen molar-refractivity contribution >= 4 is 34.6 Å². The lowest BCUT2D eigenvalue weighted by atomic mass is 10.2. The van der Waals surface area contributed by atoms with E-state index in [4.69, 9.17) is 14.2 Å². The summed E-state index contributed by atoms with van der Waals surface area (Å²) in [6.07, 6.45) is 1.69. The fourth-order valence-electron chi connectivity index (χ4n) is 3.65. The molecule has 0 saturated heterocycles. The van der Waals surface area contributed by atoms with E-state index in [0.29, 0.717) is 38.7 Å². The first-order valence-corrected chi connectivity index (χ1v) is 11.9. The van der Waals surface area contributed by atoms with Crippen LogP contribution in [0.3, 0.4) is 0 Å². The number of ether oxygens (including phenoxy) is 3. The number of hydrogen-bond donors (Lipinski definition) is 1. The van der Waals surface area contributed by atoms with E-state index in [9.17, 15) is 14.9 Å². The second-order valence-corrected chi connectivity index (χ2v) is 8.71. The molecule has 0 aliphatic heterocycles. The zero-order valence-electron chi connectivity index (χ0n) is 20.3. The largest absolute Gasteiger partial charge is 0.497 e. The van der Waals surface area contributed by atoms with E-state index in [2.05, 4.69) is 5.32 Å². The molecular weight excluding hydrogens is 490 g/mol. The van der Waals surface area contributed by atoms with Crippen LogP contribution in [0.15, 0.2) is 77.6 Å². The van der Waals surface area contributed by atoms with Crippen molar-refractivity contribution in [2.75, 3.05) is 26.6 Å². The quantitative estimate of drug-likeness (QED) is 0.408. The number of nitrogens with one attached hydrogen (secondary N) is 1. The Balaban J connectivity index is 1.92. The van der Waals surface area contributed by atoms with E-state index in [-0.39, 0.29) is 15.8 Å². The van der Waals surface area contributed by atoms with Crippen LogP contribution >= 0.6 is 11.3 Å². The molecule has 1 heterocycles. The molecule has 0 unspecified atom stereocenters. The van der Waals surface area contributed by atoms with Gasteiger partial charge in [-0.15, -0.1) is 11.3 Å². The van der Waals surface area contributed by atoms with Gasteiger partial charge in [0.1, 0.15) is 16.5 Å². The number of nitriles is 1. The number of benzene rings is 3. The monoisotopic (exact) mass is 513 g/mol. The summed E-state index contributed by atoms with van der Waals surface area (Å²) >= 11 is 1.06. The van der Waals surface area contributed by atoms with Crippen molar-refractivity contribution in [2.24, 2.45) is 0 Å². The summed E-state index contributed by atoms with van der Waals surface area (Å²) in [4.78, 5) is 26.8. The van der Waals surface area contributed by atoms with Gasteiger partial charge in [-0.05, 0) is 48.0 Å². The number of methoxy groups -OCH3 is 3. The van der Waals surface area contributed by atoms with Gasteiger partial charge in [0, 0.05) is 11.8 Å². The van der Waals surface area contributed by atoms with Crippen molar-refractivity contribution in [1.82, 2.24) is 4.57 Å². The van der Waals surface area contributed by atoms with Crippen LogP contribution in [0.5, 0.6) is 17.2 Å². The number of amides is 1. The Kier molecular flexibility index (Phi) is 7.71. The third kappa shape index (κ3) is 5.39. The highest BCUT2D eigenvalue weighted by Crippen LogP contribution is 2.27. The summed E-state index contributed by atoms with van der Waals surface area (Å²) in [5.41, 5.74) is 1.14. The lowest BCUT2D eigenvalue weighted by Crippen LogP contribution is -2.32. The maximum atomic E-state index is 13.6. The molecule has 0 atom stereocenters. The van der Waals surface area contributed by atoms with Crippen molar-refractivity contribution in [1.29, 1.82) is 5.26 Å². The first-order valence-electron chi connectivity index (χ1n) is 11.1. The van der Waals surface area contributed by atoms with Crippen LogP contribution in [0, 0.1) is 11.3 Å². The number of para-hydroxylation sites is 1. The van der Waals surface area contributed by atoms with E-state index in [0.717, 1.165) is 11.3 Å². The molecule has 186 valence electrons. The van der Waals surface area contributed by atoms with Gasteiger partial charge >= 0.3 is 0 Å². The highest BCUT2D eigenvalue weighted by atomic mass is 32.1. The van der Waals surface area contributed by atoms with Crippen molar-refractivity contribution in [2.45, 2.75) is 0 Å². The molecule has 0 saturated carbocycles. The van der Waals surface area contributed by atoms with Crippen molar-refractivity contribution in [3.63, 3.8) is 0 Å². The second-order valence-electron chi connectivity index (χ2n) is 7.68. The van der Waals surface area contributed by atoms with E-state index in [1.165, 1.54) is 18.8 Å². The van der Waals surface area contributed by atoms with Gasteiger partial charge in [-0.1, -0.05) is 30.3 Å². The smallest absolute Gasteiger partial charge is 0.273 e. The minimum absolute atomic E-state index is 0.194. The summed E-state index contributed by atoms with van der Waals surface area (Å²) < 4.78 is 17.8. The van der Waals surface area contributed by atoms with Crippen molar-refractivity contribution in [3.8, 4) is 29.0 Å².